The summed E-state index contributed by atoms with van der Waals surface area (Å²) in [5.74, 6) is 1.41. The molecule has 0 N–H and O–H groups in total. The van der Waals surface area contributed by atoms with E-state index in [1.54, 1.807) is 12.1 Å². The Hall–Kier alpha value is -2.68. The van der Waals surface area contributed by atoms with Crippen molar-refractivity contribution in [3.63, 3.8) is 0 Å². The van der Waals surface area contributed by atoms with Gasteiger partial charge in [-0.3, -0.25) is 4.79 Å². The number of alkyl halides is 2. The second-order valence-corrected chi connectivity index (χ2v) is 8.51. The average Bonchev–Trinajstić information content (AvgIpc) is 3.15. The Kier molecular flexibility index (Phi) is 6.41. The van der Waals surface area contributed by atoms with Crippen LogP contribution in [0.1, 0.15) is 46.8 Å². The fraction of sp³-hybridized carbons (Fsp3) is 0.409. The zero-order valence-electron chi connectivity index (χ0n) is 17.5. The van der Waals surface area contributed by atoms with Gasteiger partial charge in [0.25, 0.3) is 0 Å². The molecule has 1 aromatic carbocycles. The molecule has 0 amide bonds. The Bertz CT molecular complexity index is 1080. The van der Waals surface area contributed by atoms with Gasteiger partial charge in [-0.15, -0.1) is 10.2 Å². The first-order valence-electron chi connectivity index (χ1n) is 10.3. The highest BCUT2D eigenvalue weighted by Crippen LogP contribution is 2.26. The molecule has 3 heterocycles. The van der Waals surface area contributed by atoms with Gasteiger partial charge in [-0.05, 0) is 57.0 Å². The first-order chi connectivity index (χ1) is 14.9. The van der Waals surface area contributed by atoms with Gasteiger partial charge in [-0.25, -0.2) is 0 Å². The summed E-state index contributed by atoms with van der Waals surface area (Å²) in [5.41, 5.74) is 3.13. The maximum Gasteiger partial charge on any atom is 0.387 e. The lowest BCUT2D eigenvalue weighted by atomic mass is 10.2. The molecule has 1 aliphatic heterocycles. The van der Waals surface area contributed by atoms with Crippen LogP contribution in [-0.2, 0) is 13.0 Å². The molecular weight excluding hydrogens is 422 g/mol. The Morgan fingerprint density at radius 3 is 2.68 bits per heavy atom. The van der Waals surface area contributed by atoms with Crippen molar-refractivity contribution in [1.82, 2.24) is 19.3 Å². The van der Waals surface area contributed by atoms with Crippen LogP contribution in [0.5, 0.6) is 5.75 Å². The molecule has 0 fully saturated rings. The van der Waals surface area contributed by atoms with Crippen molar-refractivity contribution < 1.29 is 18.3 Å². The van der Waals surface area contributed by atoms with Crippen LogP contribution in [-0.4, -0.2) is 37.5 Å². The third-order valence-electron chi connectivity index (χ3n) is 5.46. The Labute approximate surface area is 183 Å². The van der Waals surface area contributed by atoms with Crippen LogP contribution in [0.4, 0.5) is 8.78 Å². The second-order valence-electron chi connectivity index (χ2n) is 7.57. The van der Waals surface area contributed by atoms with Crippen molar-refractivity contribution in [2.24, 2.45) is 0 Å². The molecule has 1 aliphatic rings. The highest BCUT2D eigenvalue weighted by Gasteiger charge is 2.20. The number of ether oxygens (including phenoxy) is 1. The lowest BCUT2D eigenvalue weighted by Gasteiger charge is -2.11. The summed E-state index contributed by atoms with van der Waals surface area (Å²) in [7, 11) is 0. The van der Waals surface area contributed by atoms with Crippen LogP contribution < -0.4 is 4.74 Å². The highest BCUT2D eigenvalue weighted by atomic mass is 32.2. The molecule has 9 heteroatoms. The van der Waals surface area contributed by atoms with Gasteiger partial charge in [-0.2, -0.15) is 8.78 Å². The normalized spacial score (nSPS) is 13.8. The van der Waals surface area contributed by atoms with Crippen LogP contribution in [0.15, 0.2) is 35.5 Å². The van der Waals surface area contributed by atoms with Crippen LogP contribution in [0.2, 0.25) is 0 Å². The van der Waals surface area contributed by atoms with Crippen LogP contribution in [0.25, 0.3) is 5.69 Å². The van der Waals surface area contributed by atoms with Crippen molar-refractivity contribution >= 4 is 17.5 Å². The summed E-state index contributed by atoms with van der Waals surface area (Å²) >= 11 is 1.42. The van der Waals surface area contributed by atoms with Gasteiger partial charge >= 0.3 is 6.61 Å². The molecule has 0 saturated heterocycles. The molecule has 164 valence electrons. The number of halogens is 2. The minimum Gasteiger partial charge on any atom is -0.435 e. The summed E-state index contributed by atoms with van der Waals surface area (Å²) in [6.45, 7) is 1.85. The van der Waals surface area contributed by atoms with Gasteiger partial charge in [0.2, 0.25) is 0 Å². The van der Waals surface area contributed by atoms with E-state index in [4.69, 9.17) is 0 Å². The monoisotopic (exact) mass is 446 g/mol. The quantitative estimate of drug-likeness (QED) is 0.378. The molecule has 0 saturated carbocycles. The van der Waals surface area contributed by atoms with E-state index in [0.717, 1.165) is 53.9 Å². The number of nitrogens with zero attached hydrogens (tertiary/aromatic N) is 4. The number of ketones is 1. The molecule has 3 aromatic rings. The molecular formula is C22H24F2N4O2S. The Balaban J connectivity index is 1.49. The first kappa shape index (κ1) is 21.5. The van der Waals surface area contributed by atoms with Crippen molar-refractivity contribution in [3.8, 4) is 11.4 Å². The highest BCUT2D eigenvalue weighted by molar-refractivity contribution is 7.99. The molecule has 0 spiro atoms. The van der Waals surface area contributed by atoms with Gasteiger partial charge in [0.05, 0.1) is 5.75 Å². The maximum atomic E-state index is 13.0. The van der Waals surface area contributed by atoms with E-state index in [2.05, 4.69) is 19.5 Å². The summed E-state index contributed by atoms with van der Waals surface area (Å²) in [6.07, 6.45) is 4.36. The molecule has 0 bridgehead atoms. The largest absolute Gasteiger partial charge is 0.435 e. The van der Waals surface area contributed by atoms with Gasteiger partial charge in [-0.1, -0.05) is 18.2 Å². The van der Waals surface area contributed by atoms with E-state index in [0.29, 0.717) is 5.56 Å². The number of Topliss-reactive ketones (excluding diaryl/α,β-unsaturated/α-hetero) is 1. The zero-order chi connectivity index (χ0) is 22.0. The standard InChI is InChI=1S/C22H24F2N4O2S/c1-14-12-18(15(2)28(14)16-7-9-17(10-8-16)30-21(23)24)19(29)13-31-22-26-25-20-6-4-3-5-11-27(20)22/h7-10,12,21H,3-6,11,13H2,1-2H3. The molecule has 0 unspecified atom stereocenters. The van der Waals surface area contributed by atoms with E-state index in [1.165, 1.54) is 30.3 Å². The van der Waals surface area contributed by atoms with E-state index in [-0.39, 0.29) is 17.3 Å². The maximum absolute atomic E-state index is 13.0. The van der Waals surface area contributed by atoms with E-state index in [1.807, 2.05) is 24.5 Å². The number of aromatic nitrogens is 4. The predicted molar refractivity (Wildman–Crippen MR) is 115 cm³/mol. The fourth-order valence-corrected chi connectivity index (χ4v) is 4.86. The summed E-state index contributed by atoms with van der Waals surface area (Å²) < 4.78 is 33.2. The minimum atomic E-state index is -2.86. The third kappa shape index (κ3) is 4.66. The Morgan fingerprint density at radius 2 is 1.94 bits per heavy atom. The molecule has 31 heavy (non-hydrogen) atoms. The first-order valence-corrected chi connectivity index (χ1v) is 11.2. The molecule has 0 radical (unpaired) electrons. The van der Waals surface area contributed by atoms with Gasteiger partial charge < -0.3 is 13.9 Å². The van der Waals surface area contributed by atoms with Crippen LogP contribution >= 0.6 is 11.8 Å². The molecule has 0 atom stereocenters. The summed E-state index contributed by atoms with van der Waals surface area (Å²) in [4.78, 5) is 13.0. The topological polar surface area (TPSA) is 61.9 Å². The summed E-state index contributed by atoms with van der Waals surface area (Å²) in [6, 6.07) is 8.26. The van der Waals surface area contributed by atoms with Crippen molar-refractivity contribution in [3.05, 3.63) is 53.1 Å². The SMILES string of the molecule is Cc1cc(C(=O)CSc2nnc3n2CCCCC3)c(C)n1-c1ccc(OC(F)F)cc1. The zero-order valence-corrected chi connectivity index (χ0v) is 18.3. The Morgan fingerprint density at radius 1 is 1.16 bits per heavy atom. The fourth-order valence-electron chi connectivity index (χ4n) is 3.99. The number of hydrogen-bond acceptors (Lipinski definition) is 5. The lowest BCUT2D eigenvalue weighted by molar-refractivity contribution is -0.0498. The predicted octanol–water partition coefficient (Wildman–Crippen LogP) is 4.99. The number of fused-ring (bicyclic) bond motifs is 1. The van der Waals surface area contributed by atoms with Gasteiger partial charge in [0, 0.05) is 35.6 Å². The number of thioether (sulfide) groups is 1. The van der Waals surface area contributed by atoms with Gasteiger partial charge in [0.1, 0.15) is 11.6 Å². The molecule has 2 aromatic heterocycles. The van der Waals surface area contributed by atoms with Crippen molar-refractivity contribution in [2.45, 2.75) is 57.8 Å². The van der Waals surface area contributed by atoms with E-state index >= 15 is 0 Å². The number of carbonyl (C=O) groups is 1. The van der Waals surface area contributed by atoms with Gasteiger partial charge in [0.15, 0.2) is 10.9 Å². The molecule has 0 aliphatic carbocycles. The molecule has 6 nitrogen and oxygen atoms in total. The number of hydrogen-bond donors (Lipinski definition) is 0. The van der Waals surface area contributed by atoms with E-state index < -0.39 is 6.61 Å². The smallest absolute Gasteiger partial charge is 0.387 e. The van der Waals surface area contributed by atoms with Crippen molar-refractivity contribution in [1.29, 1.82) is 0 Å². The molecule has 4 rings (SSSR count). The third-order valence-corrected chi connectivity index (χ3v) is 6.43. The van der Waals surface area contributed by atoms with Crippen LogP contribution in [0.3, 0.4) is 0 Å². The van der Waals surface area contributed by atoms with Crippen LogP contribution in [0, 0.1) is 13.8 Å². The number of rotatable bonds is 7. The lowest BCUT2D eigenvalue weighted by Crippen LogP contribution is -2.08. The average molecular weight is 447 g/mol. The minimum absolute atomic E-state index is 0.0213. The second kappa shape index (κ2) is 9.21. The van der Waals surface area contributed by atoms with E-state index in [9.17, 15) is 13.6 Å². The van der Waals surface area contributed by atoms with Crippen molar-refractivity contribution in [2.75, 3.05) is 5.75 Å². The summed E-state index contributed by atoms with van der Waals surface area (Å²) in [5, 5.41) is 9.37. The number of aryl methyl sites for hydroxylation is 2. The number of benzene rings is 1. The number of carbonyl (C=O) groups excluding carboxylic acids is 1.